The Bertz CT molecular complexity index is 229. The molecule has 2 heterocycles. The molecule has 0 amide bonds. The van der Waals surface area contributed by atoms with Gasteiger partial charge in [0.1, 0.15) is 0 Å². The van der Waals surface area contributed by atoms with Crippen LogP contribution in [0.2, 0.25) is 0 Å². The minimum Gasteiger partial charge on any atom is -0.313 e. The van der Waals surface area contributed by atoms with Crippen molar-refractivity contribution in [2.75, 3.05) is 26.2 Å². The Morgan fingerprint density at radius 2 is 1.83 bits per heavy atom. The molecule has 2 rings (SSSR count). The van der Waals surface area contributed by atoms with Crippen molar-refractivity contribution < 1.29 is 0 Å². The van der Waals surface area contributed by atoms with Crippen molar-refractivity contribution in [3.63, 3.8) is 0 Å². The van der Waals surface area contributed by atoms with Crippen LogP contribution in [0.25, 0.3) is 0 Å². The van der Waals surface area contributed by atoms with E-state index in [0.29, 0.717) is 0 Å². The van der Waals surface area contributed by atoms with E-state index in [-0.39, 0.29) is 0 Å². The largest absolute Gasteiger partial charge is 0.313 e. The van der Waals surface area contributed by atoms with Crippen LogP contribution < -0.4 is 5.32 Å². The molecule has 2 aliphatic heterocycles. The average molecular weight is 252 g/mol. The van der Waals surface area contributed by atoms with E-state index in [1.165, 1.54) is 71.1 Å². The van der Waals surface area contributed by atoms with Crippen molar-refractivity contribution in [2.24, 2.45) is 11.8 Å². The Morgan fingerprint density at radius 1 is 1.00 bits per heavy atom. The van der Waals surface area contributed by atoms with Crippen LogP contribution in [0.1, 0.15) is 58.8 Å². The Labute approximate surface area is 114 Å². The molecule has 0 aromatic rings. The minimum absolute atomic E-state index is 0.766. The Morgan fingerprint density at radius 3 is 2.61 bits per heavy atom. The number of piperidine rings is 1. The van der Waals surface area contributed by atoms with Crippen LogP contribution in [0.4, 0.5) is 0 Å². The monoisotopic (exact) mass is 252 g/mol. The summed E-state index contributed by atoms with van der Waals surface area (Å²) in [5.41, 5.74) is 0. The summed E-state index contributed by atoms with van der Waals surface area (Å²) in [5, 5.41) is 3.73. The van der Waals surface area contributed by atoms with Crippen molar-refractivity contribution >= 4 is 0 Å². The molecule has 106 valence electrons. The summed E-state index contributed by atoms with van der Waals surface area (Å²) < 4.78 is 0. The molecule has 3 atom stereocenters. The van der Waals surface area contributed by atoms with Crippen LogP contribution in [0, 0.1) is 11.8 Å². The van der Waals surface area contributed by atoms with E-state index in [4.69, 9.17) is 0 Å². The van der Waals surface area contributed by atoms with Gasteiger partial charge in [0.2, 0.25) is 0 Å². The summed E-state index contributed by atoms with van der Waals surface area (Å²) in [6.45, 7) is 9.93. The van der Waals surface area contributed by atoms with Gasteiger partial charge >= 0.3 is 0 Å². The first-order valence-electron chi connectivity index (χ1n) is 8.27. The van der Waals surface area contributed by atoms with Crippen molar-refractivity contribution in [2.45, 2.75) is 64.8 Å². The van der Waals surface area contributed by atoms with Crippen LogP contribution in [0.3, 0.4) is 0 Å². The second-order valence-electron chi connectivity index (χ2n) is 6.46. The molecule has 3 unspecified atom stereocenters. The number of rotatable bonds is 4. The van der Waals surface area contributed by atoms with Gasteiger partial charge < -0.3 is 10.2 Å². The predicted molar refractivity (Wildman–Crippen MR) is 78.9 cm³/mol. The number of likely N-dealkylation sites (tertiary alicyclic amines) is 1. The summed E-state index contributed by atoms with van der Waals surface area (Å²) in [6.07, 6.45) is 9.87. The van der Waals surface area contributed by atoms with Crippen molar-refractivity contribution in [3.05, 3.63) is 0 Å². The molecule has 2 saturated heterocycles. The quantitative estimate of drug-likeness (QED) is 0.826. The smallest absolute Gasteiger partial charge is 0.0197 e. The third-order valence-electron chi connectivity index (χ3n) is 5.18. The highest BCUT2D eigenvalue weighted by Crippen LogP contribution is 2.23. The molecule has 0 spiro atoms. The molecule has 2 aliphatic rings. The number of nitrogens with one attached hydrogen (secondary N) is 1. The lowest BCUT2D eigenvalue weighted by molar-refractivity contribution is 0.202. The molecule has 0 aromatic heterocycles. The van der Waals surface area contributed by atoms with Crippen molar-refractivity contribution in [1.82, 2.24) is 10.2 Å². The van der Waals surface area contributed by atoms with Crippen LogP contribution in [0.5, 0.6) is 0 Å². The molecular weight excluding hydrogens is 220 g/mol. The van der Waals surface area contributed by atoms with E-state index in [2.05, 4.69) is 24.1 Å². The maximum atomic E-state index is 3.73. The summed E-state index contributed by atoms with van der Waals surface area (Å²) in [4.78, 5) is 2.73. The van der Waals surface area contributed by atoms with E-state index in [1.807, 2.05) is 0 Å². The van der Waals surface area contributed by atoms with Gasteiger partial charge in [0.05, 0.1) is 0 Å². The standard InChI is InChI=1S/C16H32N2/c1-3-14-6-5-10-18(11-8-14)13-16-12-15(4-2)7-9-17-16/h14-17H,3-13H2,1-2H3. The number of hydrogen-bond donors (Lipinski definition) is 1. The Kier molecular flexibility index (Phi) is 5.97. The van der Waals surface area contributed by atoms with Gasteiger partial charge in [-0.1, -0.05) is 26.7 Å². The molecule has 0 aliphatic carbocycles. The third kappa shape index (κ3) is 4.24. The Balaban J connectivity index is 1.75. The fraction of sp³-hybridized carbons (Fsp3) is 1.00. The Hall–Kier alpha value is -0.0800. The van der Waals surface area contributed by atoms with Crippen LogP contribution in [-0.4, -0.2) is 37.1 Å². The molecule has 0 aromatic carbocycles. The second-order valence-corrected chi connectivity index (χ2v) is 6.46. The van der Waals surface area contributed by atoms with E-state index in [1.54, 1.807) is 0 Å². The zero-order valence-electron chi connectivity index (χ0n) is 12.5. The molecule has 0 radical (unpaired) electrons. The summed E-state index contributed by atoms with van der Waals surface area (Å²) in [7, 11) is 0. The molecule has 2 fully saturated rings. The lowest BCUT2D eigenvalue weighted by Crippen LogP contribution is -2.46. The van der Waals surface area contributed by atoms with Gasteiger partial charge in [0, 0.05) is 12.6 Å². The topological polar surface area (TPSA) is 15.3 Å². The SMILES string of the molecule is CCC1CCCN(CC2CC(CC)CCN2)CC1. The van der Waals surface area contributed by atoms with E-state index < -0.39 is 0 Å². The first-order valence-corrected chi connectivity index (χ1v) is 8.27. The lowest BCUT2D eigenvalue weighted by atomic mass is 9.90. The molecule has 18 heavy (non-hydrogen) atoms. The van der Waals surface area contributed by atoms with Crippen molar-refractivity contribution in [3.8, 4) is 0 Å². The van der Waals surface area contributed by atoms with Crippen molar-refractivity contribution in [1.29, 1.82) is 0 Å². The normalized spacial score (nSPS) is 35.3. The highest BCUT2D eigenvalue weighted by atomic mass is 15.1. The fourth-order valence-corrected chi connectivity index (χ4v) is 3.73. The van der Waals surface area contributed by atoms with Gasteiger partial charge in [-0.05, 0) is 63.6 Å². The molecule has 0 saturated carbocycles. The zero-order valence-corrected chi connectivity index (χ0v) is 12.5. The van der Waals surface area contributed by atoms with Gasteiger partial charge in [-0.3, -0.25) is 0 Å². The maximum absolute atomic E-state index is 3.73. The molecular formula is C16H32N2. The van der Waals surface area contributed by atoms with Gasteiger partial charge in [-0.25, -0.2) is 0 Å². The average Bonchev–Trinajstić information content (AvgIpc) is 2.64. The zero-order chi connectivity index (χ0) is 12.8. The third-order valence-corrected chi connectivity index (χ3v) is 5.18. The summed E-state index contributed by atoms with van der Waals surface area (Å²) >= 11 is 0. The van der Waals surface area contributed by atoms with E-state index >= 15 is 0 Å². The molecule has 0 bridgehead atoms. The van der Waals surface area contributed by atoms with Crippen LogP contribution in [-0.2, 0) is 0 Å². The highest BCUT2D eigenvalue weighted by Gasteiger charge is 2.23. The summed E-state index contributed by atoms with van der Waals surface area (Å²) in [5.74, 6) is 1.98. The van der Waals surface area contributed by atoms with Crippen LogP contribution in [0.15, 0.2) is 0 Å². The minimum atomic E-state index is 0.766. The summed E-state index contributed by atoms with van der Waals surface area (Å²) in [6, 6.07) is 0.766. The predicted octanol–water partition coefficient (Wildman–Crippen LogP) is 3.28. The van der Waals surface area contributed by atoms with E-state index in [9.17, 15) is 0 Å². The van der Waals surface area contributed by atoms with Gasteiger partial charge in [0.25, 0.3) is 0 Å². The lowest BCUT2D eigenvalue weighted by Gasteiger charge is -2.33. The molecule has 2 nitrogen and oxygen atoms in total. The molecule has 2 heteroatoms. The van der Waals surface area contributed by atoms with Gasteiger partial charge in [0.15, 0.2) is 0 Å². The highest BCUT2D eigenvalue weighted by molar-refractivity contribution is 4.81. The van der Waals surface area contributed by atoms with Gasteiger partial charge in [-0.2, -0.15) is 0 Å². The first kappa shape index (κ1) is 14.3. The van der Waals surface area contributed by atoms with E-state index in [0.717, 1.165) is 17.9 Å². The fourth-order valence-electron chi connectivity index (χ4n) is 3.73. The molecule has 1 N–H and O–H groups in total. The number of hydrogen-bond acceptors (Lipinski definition) is 2. The van der Waals surface area contributed by atoms with Crippen LogP contribution >= 0.6 is 0 Å². The maximum Gasteiger partial charge on any atom is 0.0197 e. The van der Waals surface area contributed by atoms with Gasteiger partial charge in [-0.15, -0.1) is 0 Å². The second kappa shape index (κ2) is 7.49. The number of nitrogens with zero attached hydrogens (tertiary/aromatic N) is 1. The first-order chi connectivity index (χ1) is 8.81.